The van der Waals surface area contributed by atoms with Gasteiger partial charge in [0.05, 0.1) is 11.0 Å². The number of rotatable bonds is 8. The van der Waals surface area contributed by atoms with Crippen LogP contribution in [0.4, 0.5) is 22.0 Å². The number of nitrogens with zero attached hydrogens (tertiary/aromatic N) is 3. The van der Waals surface area contributed by atoms with E-state index in [2.05, 4.69) is 10.3 Å². The van der Waals surface area contributed by atoms with Crippen LogP contribution in [0, 0.1) is 10.1 Å². The molecule has 0 unspecified atom stereocenters. The summed E-state index contributed by atoms with van der Waals surface area (Å²) in [6.07, 6.45) is 1.69. The minimum absolute atomic E-state index is 0.0573. The van der Waals surface area contributed by atoms with Crippen LogP contribution >= 0.6 is 0 Å². The summed E-state index contributed by atoms with van der Waals surface area (Å²) in [4.78, 5) is 27.7. The van der Waals surface area contributed by atoms with Crippen molar-refractivity contribution in [3.63, 3.8) is 0 Å². The molecule has 0 saturated carbocycles. The lowest BCUT2D eigenvalue weighted by Crippen LogP contribution is -2.34. The first-order valence-electron chi connectivity index (χ1n) is 10.2. The third-order valence-electron chi connectivity index (χ3n) is 5.13. The third-order valence-corrected chi connectivity index (χ3v) is 5.13. The highest BCUT2D eigenvalue weighted by Gasteiger charge is 2.31. The Morgan fingerprint density at radius 2 is 1.81 bits per heavy atom. The Bertz CT molecular complexity index is 1080. The van der Waals surface area contributed by atoms with E-state index < -0.39 is 4.92 Å². The Morgan fingerprint density at radius 3 is 2.41 bits per heavy atom. The number of amides is 1. The second-order valence-corrected chi connectivity index (χ2v) is 7.28. The number of hydrogen-bond acceptors (Lipinski definition) is 7. The van der Waals surface area contributed by atoms with E-state index in [1.54, 1.807) is 11.0 Å². The molecule has 1 aromatic heterocycles. The first-order chi connectivity index (χ1) is 15.5. The molecule has 9 heteroatoms. The summed E-state index contributed by atoms with van der Waals surface area (Å²) in [5.41, 5.74) is 1.83. The smallest absolute Gasteiger partial charge is 0.410 e. The van der Waals surface area contributed by atoms with Crippen molar-refractivity contribution in [2.75, 3.05) is 18.5 Å². The quantitative estimate of drug-likeness (QED) is 0.396. The Labute approximate surface area is 184 Å². The fourth-order valence-electron chi connectivity index (χ4n) is 3.47. The summed E-state index contributed by atoms with van der Waals surface area (Å²) < 4.78 is 11.0. The molecule has 0 bridgehead atoms. The van der Waals surface area contributed by atoms with E-state index in [9.17, 15) is 14.9 Å². The summed E-state index contributed by atoms with van der Waals surface area (Å²) >= 11 is 0. The number of likely N-dealkylation sites (N-methyl/N-ethyl adjacent to an activating group) is 1. The molecule has 1 saturated heterocycles. The van der Waals surface area contributed by atoms with Crippen LogP contribution in [0.15, 0.2) is 66.9 Å². The highest BCUT2D eigenvalue weighted by atomic mass is 16.6. The number of aromatic nitrogens is 1. The van der Waals surface area contributed by atoms with E-state index >= 15 is 0 Å². The van der Waals surface area contributed by atoms with Gasteiger partial charge in [0.2, 0.25) is 0 Å². The van der Waals surface area contributed by atoms with Gasteiger partial charge in [0.25, 0.3) is 5.69 Å². The molecule has 164 valence electrons. The van der Waals surface area contributed by atoms with Crippen molar-refractivity contribution >= 4 is 23.3 Å². The number of carbonyl (C=O) groups is 1. The number of carbonyl (C=O) groups excluding carboxylic acids is 1. The zero-order valence-electron chi connectivity index (χ0n) is 17.4. The summed E-state index contributed by atoms with van der Waals surface area (Å²) in [5.74, 6) is 1.89. The third kappa shape index (κ3) is 4.94. The molecule has 1 aliphatic heterocycles. The molecule has 0 aliphatic carbocycles. The van der Waals surface area contributed by atoms with E-state index in [0.717, 1.165) is 17.7 Å². The maximum absolute atomic E-state index is 11.7. The molecular weight excluding hydrogens is 412 g/mol. The first kappa shape index (κ1) is 21.1. The molecule has 2 aromatic carbocycles. The van der Waals surface area contributed by atoms with Crippen molar-refractivity contribution in [2.45, 2.75) is 19.4 Å². The lowest BCUT2D eigenvalue weighted by molar-refractivity contribution is -0.385. The summed E-state index contributed by atoms with van der Waals surface area (Å²) in [5, 5.41) is 13.8. The van der Waals surface area contributed by atoms with Crippen molar-refractivity contribution in [1.29, 1.82) is 0 Å². The predicted molar refractivity (Wildman–Crippen MR) is 118 cm³/mol. The Morgan fingerprint density at radius 1 is 1.12 bits per heavy atom. The average molecular weight is 434 g/mol. The van der Waals surface area contributed by atoms with E-state index in [1.165, 1.54) is 12.3 Å². The van der Waals surface area contributed by atoms with Gasteiger partial charge in [-0.25, -0.2) is 9.78 Å². The van der Waals surface area contributed by atoms with Crippen LogP contribution in [-0.2, 0) is 11.2 Å². The topological polar surface area (TPSA) is 107 Å². The number of ether oxygens (including phenoxy) is 2. The molecule has 3 aromatic rings. The predicted octanol–water partition coefficient (Wildman–Crippen LogP) is 4.91. The summed E-state index contributed by atoms with van der Waals surface area (Å²) in [6, 6.07) is 18.1. The number of anilines is 2. The van der Waals surface area contributed by atoms with Crippen LogP contribution in [0.3, 0.4) is 0 Å². The van der Waals surface area contributed by atoms with Crippen molar-refractivity contribution in [3.05, 3.63) is 82.5 Å². The second-order valence-electron chi connectivity index (χ2n) is 7.28. The molecule has 4 rings (SSSR count). The number of nitro groups is 1. The van der Waals surface area contributed by atoms with Gasteiger partial charge in [-0.15, -0.1) is 0 Å². The minimum Gasteiger partial charge on any atom is -0.457 e. The van der Waals surface area contributed by atoms with Gasteiger partial charge in [-0.2, -0.15) is 0 Å². The van der Waals surface area contributed by atoms with Crippen LogP contribution in [0.5, 0.6) is 11.5 Å². The molecule has 32 heavy (non-hydrogen) atoms. The van der Waals surface area contributed by atoms with Crippen LogP contribution in [0.2, 0.25) is 0 Å². The molecule has 1 atom stereocenters. The van der Waals surface area contributed by atoms with Gasteiger partial charge >= 0.3 is 6.09 Å². The Kier molecular flexibility index (Phi) is 6.16. The van der Waals surface area contributed by atoms with Gasteiger partial charge in [0.15, 0.2) is 0 Å². The fourth-order valence-corrected chi connectivity index (χ4v) is 3.47. The maximum atomic E-state index is 11.7. The molecule has 9 nitrogen and oxygen atoms in total. The molecule has 1 aliphatic rings. The van der Waals surface area contributed by atoms with E-state index in [0.29, 0.717) is 30.5 Å². The number of cyclic esters (lactones) is 1. The van der Waals surface area contributed by atoms with Gasteiger partial charge in [0.1, 0.15) is 30.1 Å². The zero-order chi connectivity index (χ0) is 22.5. The van der Waals surface area contributed by atoms with E-state index in [4.69, 9.17) is 9.47 Å². The number of hydrogen-bond donors (Lipinski definition) is 1. The number of pyridine rings is 1. The Balaban J connectivity index is 1.33. The largest absolute Gasteiger partial charge is 0.457 e. The highest BCUT2D eigenvalue weighted by molar-refractivity contribution is 5.70. The molecule has 1 amide bonds. The van der Waals surface area contributed by atoms with Gasteiger partial charge < -0.3 is 19.7 Å². The first-order valence-corrected chi connectivity index (χ1v) is 10.2. The highest BCUT2D eigenvalue weighted by Crippen LogP contribution is 2.26. The van der Waals surface area contributed by atoms with Crippen LogP contribution in [-0.4, -0.2) is 40.1 Å². The van der Waals surface area contributed by atoms with Crippen molar-refractivity contribution in [2.24, 2.45) is 0 Å². The molecule has 0 spiro atoms. The van der Waals surface area contributed by atoms with Crippen molar-refractivity contribution in [3.8, 4) is 11.5 Å². The standard InChI is InChI=1S/C23H22N4O5/c1-2-26-19(15-31-23(26)28)13-16-3-8-20(9-4-16)32-21-10-5-17(6-11-21)25-22-12-7-18(14-24-22)27(29)30/h3-12,14,19H,2,13,15H2,1H3,(H,24,25)/t19-/m0/s1. The summed E-state index contributed by atoms with van der Waals surface area (Å²) in [6.45, 7) is 3.00. The maximum Gasteiger partial charge on any atom is 0.410 e. The van der Waals surface area contributed by atoms with E-state index in [-0.39, 0.29) is 17.8 Å². The molecule has 1 fully saturated rings. The zero-order valence-corrected chi connectivity index (χ0v) is 17.4. The lowest BCUT2D eigenvalue weighted by Gasteiger charge is -2.19. The normalized spacial score (nSPS) is 15.3. The van der Waals surface area contributed by atoms with Crippen LogP contribution < -0.4 is 10.1 Å². The van der Waals surface area contributed by atoms with Gasteiger partial charge in [-0.3, -0.25) is 10.1 Å². The molecule has 1 N–H and O–H groups in total. The lowest BCUT2D eigenvalue weighted by atomic mass is 10.1. The molecule has 0 radical (unpaired) electrons. The van der Waals surface area contributed by atoms with Crippen molar-refractivity contribution in [1.82, 2.24) is 9.88 Å². The van der Waals surface area contributed by atoms with E-state index in [1.807, 2.05) is 55.5 Å². The number of benzene rings is 2. The SMILES string of the molecule is CCN1C(=O)OC[C@@H]1Cc1ccc(Oc2ccc(Nc3ccc([N+](=O)[O-])cn3)cc2)cc1. The Hall–Kier alpha value is -4.14. The average Bonchev–Trinajstić information content (AvgIpc) is 3.15. The van der Waals surface area contributed by atoms with Gasteiger partial charge in [0, 0.05) is 18.3 Å². The monoisotopic (exact) mass is 434 g/mol. The number of nitrogens with one attached hydrogen (secondary N) is 1. The van der Waals surface area contributed by atoms with Gasteiger partial charge in [-0.1, -0.05) is 12.1 Å². The fraction of sp³-hybridized carbons (Fsp3) is 0.217. The van der Waals surface area contributed by atoms with Gasteiger partial charge in [-0.05, 0) is 61.4 Å². The van der Waals surface area contributed by atoms with Crippen LogP contribution in [0.1, 0.15) is 12.5 Å². The summed E-state index contributed by atoms with van der Waals surface area (Å²) in [7, 11) is 0. The molecule has 2 heterocycles. The second kappa shape index (κ2) is 9.34. The minimum atomic E-state index is -0.487. The molecular formula is C23H22N4O5. The van der Waals surface area contributed by atoms with Crippen LogP contribution in [0.25, 0.3) is 0 Å². The van der Waals surface area contributed by atoms with Crippen molar-refractivity contribution < 1.29 is 19.2 Å².